The van der Waals surface area contributed by atoms with E-state index in [9.17, 15) is 0 Å². The molecule has 0 aliphatic carbocycles. The van der Waals surface area contributed by atoms with E-state index >= 15 is 0 Å². The van der Waals surface area contributed by atoms with Gasteiger partial charge in [-0.2, -0.15) is 0 Å². The predicted molar refractivity (Wildman–Crippen MR) is 57.1 cm³/mol. The molecule has 0 aromatic carbocycles. The van der Waals surface area contributed by atoms with Crippen LogP contribution in [0.3, 0.4) is 0 Å². The van der Waals surface area contributed by atoms with E-state index in [4.69, 9.17) is 4.74 Å². The highest BCUT2D eigenvalue weighted by Gasteiger charge is 2.02. The van der Waals surface area contributed by atoms with E-state index in [-0.39, 0.29) is 0 Å². The number of rotatable bonds is 6. The lowest BCUT2D eigenvalue weighted by atomic mass is 10.1. The summed E-state index contributed by atoms with van der Waals surface area (Å²) in [7, 11) is 1.73. The molecule has 1 rings (SSSR count). The second-order valence-electron chi connectivity index (χ2n) is 3.30. The Morgan fingerprint density at radius 2 is 2.14 bits per heavy atom. The van der Waals surface area contributed by atoms with Crippen molar-refractivity contribution in [2.24, 2.45) is 0 Å². The zero-order valence-corrected chi connectivity index (χ0v) is 8.86. The van der Waals surface area contributed by atoms with Crippen molar-refractivity contribution >= 4 is 0 Å². The largest absolute Gasteiger partial charge is 0.385 e. The summed E-state index contributed by atoms with van der Waals surface area (Å²) in [6.07, 6.45) is 4.69. The summed E-state index contributed by atoms with van der Waals surface area (Å²) >= 11 is 0. The highest BCUT2D eigenvalue weighted by Crippen LogP contribution is 2.09. The molecule has 0 spiro atoms. The minimum absolute atomic E-state index is 0.384. The minimum atomic E-state index is 0.384. The molecule has 0 bridgehead atoms. The van der Waals surface area contributed by atoms with E-state index in [2.05, 4.69) is 17.2 Å². The SMILES string of the molecule is COCCCN[C@@H](C)c1ccncc1. The molecule has 1 aromatic rings. The maximum atomic E-state index is 4.98. The monoisotopic (exact) mass is 194 g/mol. The van der Waals surface area contributed by atoms with Gasteiger partial charge in [0.1, 0.15) is 0 Å². The number of ether oxygens (including phenoxy) is 1. The van der Waals surface area contributed by atoms with Gasteiger partial charge >= 0.3 is 0 Å². The van der Waals surface area contributed by atoms with Crippen LogP contribution in [0, 0.1) is 0 Å². The minimum Gasteiger partial charge on any atom is -0.385 e. The highest BCUT2D eigenvalue weighted by atomic mass is 16.5. The molecule has 3 nitrogen and oxygen atoms in total. The van der Waals surface area contributed by atoms with Gasteiger partial charge in [-0.25, -0.2) is 0 Å². The maximum Gasteiger partial charge on any atom is 0.0474 e. The van der Waals surface area contributed by atoms with E-state index < -0.39 is 0 Å². The lowest BCUT2D eigenvalue weighted by molar-refractivity contribution is 0.193. The summed E-state index contributed by atoms with van der Waals surface area (Å²) in [4.78, 5) is 3.99. The molecule has 0 saturated heterocycles. The molecule has 0 fully saturated rings. The fraction of sp³-hybridized carbons (Fsp3) is 0.545. The molecule has 0 aliphatic rings. The van der Waals surface area contributed by atoms with Gasteiger partial charge in [0.25, 0.3) is 0 Å². The molecule has 1 aromatic heterocycles. The second kappa shape index (κ2) is 6.51. The zero-order valence-electron chi connectivity index (χ0n) is 8.86. The Balaban J connectivity index is 2.25. The summed E-state index contributed by atoms with van der Waals surface area (Å²) in [6.45, 7) is 3.95. The first-order chi connectivity index (χ1) is 6.84. The van der Waals surface area contributed by atoms with Gasteiger partial charge in [0.15, 0.2) is 0 Å². The average molecular weight is 194 g/mol. The van der Waals surface area contributed by atoms with Gasteiger partial charge in [0.05, 0.1) is 0 Å². The first kappa shape index (κ1) is 11.1. The third-order valence-electron chi connectivity index (χ3n) is 2.18. The Kier molecular flexibility index (Phi) is 5.19. The maximum absolute atomic E-state index is 4.98. The number of nitrogens with one attached hydrogen (secondary N) is 1. The molecular formula is C11H18N2O. The number of methoxy groups -OCH3 is 1. The summed E-state index contributed by atoms with van der Waals surface area (Å²) < 4.78 is 4.98. The number of aromatic nitrogens is 1. The summed E-state index contributed by atoms with van der Waals surface area (Å²) in [5, 5.41) is 3.43. The molecule has 0 saturated carbocycles. The molecule has 1 N–H and O–H groups in total. The Bertz CT molecular complexity index is 238. The normalized spacial score (nSPS) is 12.7. The standard InChI is InChI=1S/C11H18N2O/c1-10(13-6-3-9-14-2)11-4-7-12-8-5-11/h4-5,7-8,10,13H,3,6,9H2,1-2H3/t10-/m0/s1. The van der Waals surface area contributed by atoms with Gasteiger partial charge < -0.3 is 10.1 Å². The van der Waals surface area contributed by atoms with Gasteiger partial charge in [-0.05, 0) is 37.6 Å². The van der Waals surface area contributed by atoms with Crippen molar-refractivity contribution in [2.75, 3.05) is 20.3 Å². The van der Waals surface area contributed by atoms with Crippen LogP contribution in [-0.2, 0) is 4.74 Å². The predicted octanol–water partition coefficient (Wildman–Crippen LogP) is 1.77. The summed E-state index contributed by atoms with van der Waals surface area (Å²) in [5.74, 6) is 0. The van der Waals surface area contributed by atoms with Crippen molar-refractivity contribution in [3.63, 3.8) is 0 Å². The van der Waals surface area contributed by atoms with Crippen LogP contribution in [0.25, 0.3) is 0 Å². The van der Waals surface area contributed by atoms with Crippen LogP contribution in [0.2, 0.25) is 0 Å². The number of hydrogen-bond donors (Lipinski definition) is 1. The summed E-state index contributed by atoms with van der Waals surface area (Å²) in [5.41, 5.74) is 1.28. The van der Waals surface area contributed by atoms with Crippen LogP contribution >= 0.6 is 0 Å². The molecule has 0 amide bonds. The lowest BCUT2D eigenvalue weighted by Crippen LogP contribution is -2.20. The van der Waals surface area contributed by atoms with Crippen molar-refractivity contribution in [1.29, 1.82) is 0 Å². The molecule has 1 heterocycles. The van der Waals surface area contributed by atoms with Crippen LogP contribution in [0.15, 0.2) is 24.5 Å². The molecule has 14 heavy (non-hydrogen) atoms. The van der Waals surface area contributed by atoms with Crippen molar-refractivity contribution in [3.8, 4) is 0 Å². The number of nitrogens with zero attached hydrogens (tertiary/aromatic N) is 1. The van der Waals surface area contributed by atoms with E-state index in [0.717, 1.165) is 19.6 Å². The van der Waals surface area contributed by atoms with Crippen molar-refractivity contribution in [1.82, 2.24) is 10.3 Å². The quantitative estimate of drug-likeness (QED) is 0.701. The molecule has 0 radical (unpaired) electrons. The first-order valence-electron chi connectivity index (χ1n) is 4.97. The first-order valence-corrected chi connectivity index (χ1v) is 4.97. The Labute approximate surface area is 85.5 Å². The van der Waals surface area contributed by atoms with Crippen LogP contribution in [-0.4, -0.2) is 25.2 Å². The molecule has 1 atom stereocenters. The topological polar surface area (TPSA) is 34.1 Å². The molecule has 78 valence electrons. The third-order valence-corrected chi connectivity index (χ3v) is 2.18. The van der Waals surface area contributed by atoms with Crippen molar-refractivity contribution < 1.29 is 4.74 Å². The smallest absolute Gasteiger partial charge is 0.0474 e. The molecule has 0 unspecified atom stereocenters. The third kappa shape index (κ3) is 3.85. The van der Waals surface area contributed by atoms with Gasteiger partial charge in [-0.1, -0.05) is 0 Å². The van der Waals surface area contributed by atoms with Crippen molar-refractivity contribution in [3.05, 3.63) is 30.1 Å². The lowest BCUT2D eigenvalue weighted by Gasteiger charge is -2.13. The van der Waals surface area contributed by atoms with Gasteiger partial charge in [0, 0.05) is 32.2 Å². The fourth-order valence-electron chi connectivity index (χ4n) is 1.31. The van der Waals surface area contributed by atoms with Crippen LogP contribution in [0.1, 0.15) is 24.9 Å². The van der Waals surface area contributed by atoms with E-state index in [1.54, 1.807) is 7.11 Å². The Morgan fingerprint density at radius 3 is 2.79 bits per heavy atom. The van der Waals surface area contributed by atoms with Crippen LogP contribution in [0.4, 0.5) is 0 Å². The van der Waals surface area contributed by atoms with Crippen molar-refractivity contribution in [2.45, 2.75) is 19.4 Å². The van der Waals surface area contributed by atoms with E-state index in [0.29, 0.717) is 6.04 Å². The van der Waals surface area contributed by atoms with Gasteiger partial charge in [-0.3, -0.25) is 4.98 Å². The van der Waals surface area contributed by atoms with Gasteiger partial charge in [-0.15, -0.1) is 0 Å². The van der Waals surface area contributed by atoms with E-state index in [1.165, 1.54) is 5.56 Å². The fourth-order valence-corrected chi connectivity index (χ4v) is 1.31. The molecule has 3 heteroatoms. The zero-order chi connectivity index (χ0) is 10.2. The molecular weight excluding hydrogens is 176 g/mol. The van der Waals surface area contributed by atoms with Gasteiger partial charge in [0.2, 0.25) is 0 Å². The number of pyridine rings is 1. The Hall–Kier alpha value is -0.930. The summed E-state index contributed by atoms with van der Waals surface area (Å²) in [6, 6.07) is 4.46. The van der Waals surface area contributed by atoms with Crippen LogP contribution in [0.5, 0.6) is 0 Å². The highest BCUT2D eigenvalue weighted by molar-refractivity contribution is 5.13. The van der Waals surface area contributed by atoms with Crippen LogP contribution < -0.4 is 5.32 Å². The second-order valence-corrected chi connectivity index (χ2v) is 3.30. The number of hydrogen-bond acceptors (Lipinski definition) is 3. The average Bonchev–Trinajstić information content (AvgIpc) is 2.25. The molecule has 0 aliphatic heterocycles. The van der Waals surface area contributed by atoms with E-state index in [1.807, 2.05) is 24.5 Å². The Morgan fingerprint density at radius 1 is 1.43 bits per heavy atom.